The minimum absolute atomic E-state index is 0.164. The maximum absolute atomic E-state index is 10.2. The molecule has 2 aromatic rings. The number of aryl methyl sites for hydroxylation is 1. The second-order valence-corrected chi connectivity index (χ2v) is 6.06. The van der Waals surface area contributed by atoms with E-state index in [0.717, 1.165) is 5.56 Å². The molecular formula is C16H22N2O. The Morgan fingerprint density at radius 3 is 2.32 bits per heavy atom. The Balaban J connectivity index is 2.10. The first-order valence-corrected chi connectivity index (χ1v) is 6.62. The predicted octanol–water partition coefficient (Wildman–Crippen LogP) is 2.99. The van der Waals surface area contributed by atoms with E-state index in [1.807, 2.05) is 17.8 Å². The quantitative estimate of drug-likeness (QED) is 0.919. The summed E-state index contributed by atoms with van der Waals surface area (Å²) in [5.41, 5.74) is 2.60. The van der Waals surface area contributed by atoms with Crippen molar-refractivity contribution in [2.75, 3.05) is 0 Å². The average molecular weight is 258 g/mol. The number of aliphatic hydroxyl groups excluding tert-OH is 1. The molecule has 0 aliphatic heterocycles. The molecule has 1 aromatic heterocycles. The van der Waals surface area contributed by atoms with Crippen molar-refractivity contribution in [3.8, 4) is 0 Å². The van der Waals surface area contributed by atoms with Gasteiger partial charge in [0.15, 0.2) is 0 Å². The highest BCUT2D eigenvalue weighted by atomic mass is 16.3. The van der Waals surface area contributed by atoms with E-state index in [4.69, 9.17) is 0 Å². The van der Waals surface area contributed by atoms with Crippen LogP contribution in [0.5, 0.6) is 0 Å². The van der Waals surface area contributed by atoms with Crippen molar-refractivity contribution < 1.29 is 5.11 Å². The van der Waals surface area contributed by atoms with Crippen LogP contribution in [0.2, 0.25) is 0 Å². The van der Waals surface area contributed by atoms with Gasteiger partial charge in [-0.25, -0.2) is 4.98 Å². The zero-order valence-electron chi connectivity index (χ0n) is 12.1. The molecule has 2 rings (SSSR count). The van der Waals surface area contributed by atoms with E-state index in [9.17, 15) is 5.11 Å². The normalized spacial score (nSPS) is 13.5. The van der Waals surface area contributed by atoms with Crippen molar-refractivity contribution in [3.63, 3.8) is 0 Å². The van der Waals surface area contributed by atoms with Crippen LogP contribution in [0, 0.1) is 0 Å². The van der Waals surface area contributed by atoms with Crippen molar-refractivity contribution in [2.45, 2.75) is 38.7 Å². The largest absolute Gasteiger partial charge is 0.385 e. The van der Waals surface area contributed by atoms with Crippen LogP contribution in [0.4, 0.5) is 0 Å². The van der Waals surface area contributed by atoms with Crippen molar-refractivity contribution in [3.05, 3.63) is 53.6 Å². The van der Waals surface area contributed by atoms with Crippen LogP contribution in [-0.4, -0.2) is 14.7 Å². The maximum Gasteiger partial charge on any atom is 0.137 e. The summed E-state index contributed by atoms with van der Waals surface area (Å²) >= 11 is 0. The van der Waals surface area contributed by atoms with Crippen LogP contribution in [-0.2, 0) is 18.9 Å². The molecule has 1 atom stereocenters. The number of hydrogen-bond acceptors (Lipinski definition) is 2. The molecular weight excluding hydrogens is 236 g/mol. The third-order valence-corrected chi connectivity index (χ3v) is 3.41. The van der Waals surface area contributed by atoms with Gasteiger partial charge in [-0.1, -0.05) is 45.0 Å². The highest BCUT2D eigenvalue weighted by Crippen LogP contribution is 2.23. The van der Waals surface area contributed by atoms with Gasteiger partial charge in [-0.15, -0.1) is 0 Å². The van der Waals surface area contributed by atoms with Crippen LogP contribution in [0.1, 0.15) is 43.8 Å². The van der Waals surface area contributed by atoms with E-state index in [1.54, 1.807) is 6.20 Å². The van der Waals surface area contributed by atoms with Crippen LogP contribution in [0.3, 0.4) is 0 Å². The van der Waals surface area contributed by atoms with Gasteiger partial charge in [0.2, 0.25) is 0 Å². The van der Waals surface area contributed by atoms with Gasteiger partial charge in [0, 0.05) is 25.9 Å². The van der Waals surface area contributed by atoms with Crippen molar-refractivity contribution in [1.29, 1.82) is 0 Å². The minimum Gasteiger partial charge on any atom is -0.385 e. The molecule has 0 bridgehead atoms. The Kier molecular flexibility index (Phi) is 3.76. The Bertz CT molecular complexity index is 535. The van der Waals surface area contributed by atoms with Gasteiger partial charge in [-0.2, -0.15) is 0 Å². The summed E-state index contributed by atoms with van der Waals surface area (Å²) in [6.07, 6.45) is 3.60. The number of aromatic nitrogens is 2. The summed E-state index contributed by atoms with van der Waals surface area (Å²) in [5, 5.41) is 10.2. The lowest BCUT2D eigenvalue weighted by Gasteiger charge is -2.19. The van der Waals surface area contributed by atoms with Gasteiger partial charge in [-0.3, -0.25) is 0 Å². The first-order valence-electron chi connectivity index (χ1n) is 6.62. The monoisotopic (exact) mass is 258 g/mol. The lowest BCUT2D eigenvalue weighted by molar-refractivity contribution is 0.165. The fourth-order valence-electron chi connectivity index (χ4n) is 2.15. The SMILES string of the molecule is Cn1ccnc1C(O)Cc1ccc(C(C)(C)C)cc1. The molecule has 1 aromatic carbocycles. The molecule has 102 valence electrons. The van der Waals surface area contributed by atoms with E-state index < -0.39 is 6.10 Å². The van der Waals surface area contributed by atoms with Crippen LogP contribution >= 0.6 is 0 Å². The predicted molar refractivity (Wildman–Crippen MR) is 77.0 cm³/mol. The maximum atomic E-state index is 10.2. The second-order valence-electron chi connectivity index (χ2n) is 6.06. The molecule has 0 aliphatic rings. The van der Waals surface area contributed by atoms with E-state index in [-0.39, 0.29) is 5.41 Å². The van der Waals surface area contributed by atoms with Crippen LogP contribution in [0.25, 0.3) is 0 Å². The fraction of sp³-hybridized carbons (Fsp3) is 0.438. The first-order chi connectivity index (χ1) is 8.88. The highest BCUT2D eigenvalue weighted by Gasteiger charge is 2.15. The Morgan fingerprint density at radius 2 is 1.84 bits per heavy atom. The average Bonchev–Trinajstić information content (AvgIpc) is 2.75. The van der Waals surface area contributed by atoms with Crippen LogP contribution < -0.4 is 0 Å². The molecule has 0 amide bonds. The molecule has 0 saturated heterocycles. The van der Waals surface area contributed by atoms with Gasteiger partial charge < -0.3 is 9.67 Å². The van der Waals surface area contributed by atoms with Crippen molar-refractivity contribution in [2.24, 2.45) is 7.05 Å². The third-order valence-electron chi connectivity index (χ3n) is 3.41. The van der Waals surface area contributed by atoms with Crippen molar-refractivity contribution in [1.82, 2.24) is 9.55 Å². The van der Waals surface area contributed by atoms with Gasteiger partial charge in [0.1, 0.15) is 11.9 Å². The van der Waals surface area contributed by atoms with Gasteiger partial charge >= 0.3 is 0 Å². The topological polar surface area (TPSA) is 38.0 Å². The third kappa shape index (κ3) is 3.24. The Hall–Kier alpha value is -1.61. The summed E-state index contributed by atoms with van der Waals surface area (Å²) in [7, 11) is 1.90. The smallest absolute Gasteiger partial charge is 0.137 e. The van der Waals surface area contributed by atoms with E-state index >= 15 is 0 Å². The van der Waals surface area contributed by atoms with Gasteiger partial charge in [-0.05, 0) is 16.5 Å². The summed E-state index contributed by atoms with van der Waals surface area (Å²) < 4.78 is 1.86. The first kappa shape index (κ1) is 13.8. The molecule has 3 heteroatoms. The summed E-state index contributed by atoms with van der Waals surface area (Å²) in [6.45, 7) is 6.60. The molecule has 1 unspecified atom stereocenters. The molecule has 3 nitrogen and oxygen atoms in total. The Morgan fingerprint density at radius 1 is 1.21 bits per heavy atom. The number of aliphatic hydroxyl groups is 1. The van der Waals surface area contributed by atoms with Gasteiger partial charge in [0.25, 0.3) is 0 Å². The number of imidazole rings is 1. The number of hydrogen-bond donors (Lipinski definition) is 1. The minimum atomic E-state index is -0.555. The number of benzene rings is 1. The van der Waals surface area contributed by atoms with E-state index in [0.29, 0.717) is 12.2 Å². The fourth-order valence-corrected chi connectivity index (χ4v) is 2.15. The zero-order valence-corrected chi connectivity index (χ0v) is 12.1. The molecule has 0 aliphatic carbocycles. The summed E-state index contributed by atoms with van der Waals surface area (Å²) in [5.74, 6) is 0.708. The summed E-state index contributed by atoms with van der Waals surface area (Å²) in [6, 6.07) is 8.46. The molecule has 1 N–H and O–H groups in total. The lowest BCUT2D eigenvalue weighted by Crippen LogP contribution is -2.11. The van der Waals surface area contributed by atoms with E-state index in [2.05, 4.69) is 50.0 Å². The highest BCUT2D eigenvalue weighted by molar-refractivity contribution is 5.28. The lowest BCUT2D eigenvalue weighted by atomic mass is 9.86. The van der Waals surface area contributed by atoms with Crippen LogP contribution in [0.15, 0.2) is 36.7 Å². The standard InChI is InChI=1S/C16H22N2O/c1-16(2,3)13-7-5-12(6-8-13)11-14(19)15-17-9-10-18(15)4/h5-10,14,19H,11H2,1-4H3. The molecule has 0 fully saturated rings. The zero-order chi connectivity index (χ0) is 14.0. The number of rotatable bonds is 3. The molecule has 1 heterocycles. The molecule has 0 saturated carbocycles. The molecule has 0 radical (unpaired) electrons. The second kappa shape index (κ2) is 5.17. The molecule has 19 heavy (non-hydrogen) atoms. The molecule has 0 spiro atoms. The summed E-state index contributed by atoms with van der Waals surface area (Å²) in [4.78, 5) is 4.18. The number of nitrogens with zero attached hydrogens (tertiary/aromatic N) is 2. The van der Waals surface area contributed by atoms with Crippen molar-refractivity contribution >= 4 is 0 Å². The Labute approximate surface area is 114 Å². The van der Waals surface area contributed by atoms with Gasteiger partial charge in [0.05, 0.1) is 0 Å². The van der Waals surface area contributed by atoms with E-state index in [1.165, 1.54) is 5.56 Å².